The summed E-state index contributed by atoms with van der Waals surface area (Å²) < 4.78 is 0.941. The van der Waals surface area contributed by atoms with Crippen LogP contribution in [0.2, 0.25) is 10.0 Å². The van der Waals surface area contributed by atoms with Crippen LogP contribution in [-0.2, 0) is 6.54 Å². The number of halogens is 3. The van der Waals surface area contributed by atoms with E-state index in [4.69, 9.17) is 35.4 Å². The Morgan fingerprint density at radius 3 is 2.57 bits per heavy atom. The highest BCUT2D eigenvalue weighted by Gasteiger charge is 2.10. The molecule has 0 fully saturated rings. The molecule has 0 saturated heterocycles. The second-order valence-corrected chi connectivity index (χ2v) is 8.28. The van der Waals surface area contributed by atoms with Gasteiger partial charge in [0.1, 0.15) is 5.82 Å². The normalized spacial score (nSPS) is 10.6. The van der Waals surface area contributed by atoms with Crippen molar-refractivity contribution in [1.29, 1.82) is 0 Å². The Hall–Kier alpha value is -1.12. The number of rotatable bonds is 10. The predicted molar refractivity (Wildman–Crippen MR) is 127 cm³/mol. The van der Waals surface area contributed by atoms with Crippen LogP contribution in [0.15, 0.2) is 41.0 Å². The molecule has 3 N–H and O–H groups in total. The van der Waals surface area contributed by atoms with Gasteiger partial charge in [-0.05, 0) is 78.0 Å². The minimum atomic E-state index is 0.549. The van der Waals surface area contributed by atoms with Crippen LogP contribution in [0.3, 0.4) is 0 Å². The summed E-state index contributed by atoms with van der Waals surface area (Å²) in [5.41, 5.74) is 1.06. The molecule has 1 heterocycles. The van der Waals surface area contributed by atoms with E-state index in [-0.39, 0.29) is 0 Å². The van der Waals surface area contributed by atoms with E-state index in [0.717, 1.165) is 41.9 Å². The molecular formula is C19H24BrCl2N5S. The van der Waals surface area contributed by atoms with Gasteiger partial charge in [-0.15, -0.1) is 0 Å². The van der Waals surface area contributed by atoms with Gasteiger partial charge in [0.15, 0.2) is 5.11 Å². The molecule has 2 rings (SSSR count). The second kappa shape index (κ2) is 12.4. The molecule has 0 bridgehead atoms. The smallest absolute Gasteiger partial charge is 0.166 e. The quantitative estimate of drug-likeness (QED) is 0.332. The maximum atomic E-state index is 6.17. The van der Waals surface area contributed by atoms with Crippen molar-refractivity contribution in [3.05, 3.63) is 56.6 Å². The molecule has 5 nitrogen and oxygen atoms in total. The summed E-state index contributed by atoms with van der Waals surface area (Å²) in [5, 5.41) is 11.3. The van der Waals surface area contributed by atoms with Crippen LogP contribution in [0.4, 0.5) is 5.82 Å². The Morgan fingerprint density at radius 1 is 1.11 bits per heavy atom. The maximum Gasteiger partial charge on any atom is 0.166 e. The van der Waals surface area contributed by atoms with Gasteiger partial charge in [-0.3, -0.25) is 0 Å². The Morgan fingerprint density at radius 2 is 1.89 bits per heavy atom. The lowest BCUT2D eigenvalue weighted by Gasteiger charge is -2.24. The first-order chi connectivity index (χ1) is 13.5. The van der Waals surface area contributed by atoms with Gasteiger partial charge in [-0.1, -0.05) is 29.3 Å². The summed E-state index contributed by atoms with van der Waals surface area (Å²) in [6, 6.07) is 9.63. The highest BCUT2D eigenvalue weighted by atomic mass is 79.9. The summed E-state index contributed by atoms with van der Waals surface area (Å²) in [5.74, 6) is 0.879. The third kappa shape index (κ3) is 8.09. The molecule has 0 aliphatic rings. The SMILES string of the molecule is CNCCCNC(=S)NCCN(Cc1ccc(Cl)c(Cl)c1)c1ccc(Br)cn1. The Balaban J connectivity index is 1.95. The predicted octanol–water partition coefficient (Wildman–Crippen LogP) is 4.23. The van der Waals surface area contributed by atoms with E-state index in [2.05, 4.69) is 41.8 Å². The van der Waals surface area contributed by atoms with Gasteiger partial charge in [0.2, 0.25) is 0 Å². The van der Waals surface area contributed by atoms with Crippen molar-refractivity contribution >= 4 is 62.3 Å². The third-order valence-corrected chi connectivity index (χ3v) is 5.45. The molecule has 0 radical (unpaired) electrons. The van der Waals surface area contributed by atoms with Gasteiger partial charge in [0.25, 0.3) is 0 Å². The Bertz CT molecular complexity index is 760. The molecule has 0 amide bonds. The molecule has 2 aromatic rings. The molecule has 0 spiro atoms. The summed E-state index contributed by atoms with van der Waals surface area (Å²) in [7, 11) is 1.94. The molecule has 152 valence electrons. The zero-order valence-corrected chi connectivity index (χ0v) is 19.6. The molecular weight excluding hydrogens is 481 g/mol. The molecule has 28 heavy (non-hydrogen) atoms. The van der Waals surface area contributed by atoms with Crippen LogP contribution >= 0.6 is 51.3 Å². The molecule has 0 aliphatic carbocycles. The average Bonchev–Trinajstić information content (AvgIpc) is 2.68. The second-order valence-electron chi connectivity index (χ2n) is 6.14. The fourth-order valence-corrected chi connectivity index (χ4v) is 3.28. The van der Waals surface area contributed by atoms with Crippen molar-refractivity contribution < 1.29 is 0 Å². The van der Waals surface area contributed by atoms with Crippen molar-refractivity contribution in [2.75, 3.05) is 38.1 Å². The fourth-order valence-electron chi connectivity index (χ4n) is 2.52. The first kappa shape index (κ1) is 23.2. The zero-order valence-electron chi connectivity index (χ0n) is 15.6. The lowest BCUT2D eigenvalue weighted by molar-refractivity contribution is 0.691. The first-order valence-corrected chi connectivity index (χ1v) is 10.9. The number of benzene rings is 1. The van der Waals surface area contributed by atoms with E-state index in [1.807, 2.05) is 37.4 Å². The van der Waals surface area contributed by atoms with E-state index in [0.29, 0.717) is 28.2 Å². The van der Waals surface area contributed by atoms with Crippen molar-refractivity contribution in [3.63, 3.8) is 0 Å². The number of thiocarbonyl (C=S) groups is 1. The van der Waals surface area contributed by atoms with Crippen LogP contribution in [-0.4, -0.2) is 43.3 Å². The molecule has 0 aliphatic heterocycles. The van der Waals surface area contributed by atoms with Gasteiger partial charge in [0.05, 0.1) is 10.0 Å². The van der Waals surface area contributed by atoms with Crippen molar-refractivity contribution in [1.82, 2.24) is 20.9 Å². The number of nitrogens with zero attached hydrogens (tertiary/aromatic N) is 2. The van der Waals surface area contributed by atoms with E-state index in [9.17, 15) is 0 Å². The summed E-state index contributed by atoms with van der Waals surface area (Å²) in [6.45, 7) is 3.88. The summed E-state index contributed by atoms with van der Waals surface area (Å²) in [6.07, 6.45) is 2.81. The molecule has 0 saturated carbocycles. The van der Waals surface area contributed by atoms with Crippen molar-refractivity contribution in [2.45, 2.75) is 13.0 Å². The van der Waals surface area contributed by atoms with E-state index in [1.165, 1.54) is 0 Å². The molecule has 1 aromatic heterocycles. The topological polar surface area (TPSA) is 52.2 Å². The fraction of sp³-hybridized carbons (Fsp3) is 0.368. The number of hydrogen-bond donors (Lipinski definition) is 3. The van der Waals surface area contributed by atoms with Crippen LogP contribution in [0.5, 0.6) is 0 Å². The van der Waals surface area contributed by atoms with E-state index < -0.39 is 0 Å². The molecule has 1 aromatic carbocycles. The summed E-state index contributed by atoms with van der Waals surface area (Å²) >= 11 is 21.0. The van der Waals surface area contributed by atoms with Gasteiger partial charge < -0.3 is 20.9 Å². The zero-order chi connectivity index (χ0) is 20.4. The standard InChI is InChI=1S/C19H24BrCl2N5S/c1-23-7-2-8-24-19(28)25-9-10-27(18-6-4-15(20)12-26-18)13-14-3-5-16(21)17(22)11-14/h3-6,11-12,23H,2,7-10,13H2,1H3,(H2,24,25,28). The number of hydrogen-bond acceptors (Lipinski definition) is 4. The number of anilines is 1. The number of nitrogens with one attached hydrogen (secondary N) is 3. The molecule has 9 heteroatoms. The molecule has 0 unspecified atom stereocenters. The first-order valence-electron chi connectivity index (χ1n) is 8.96. The monoisotopic (exact) mass is 503 g/mol. The number of pyridine rings is 1. The highest BCUT2D eigenvalue weighted by Crippen LogP contribution is 2.24. The Labute approximate surface area is 190 Å². The lowest BCUT2D eigenvalue weighted by atomic mass is 10.2. The van der Waals surface area contributed by atoms with Gasteiger partial charge >= 0.3 is 0 Å². The molecule has 0 atom stereocenters. The van der Waals surface area contributed by atoms with Crippen LogP contribution in [0, 0.1) is 0 Å². The van der Waals surface area contributed by atoms with Gasteiger partial charge in [-0.25, -0.2) is 4.98 Å². The lowest BCUT2D eigenvalue weighted by Crippen LogP contribution is -2.41. The largest absolute Gasteiger partial charge is 0.363 e. The number of aromatic nitrogens is 1. The van der Waals surface area contributed by atoms with Crippen LogP contribution < -0.4 is 20.9 Å². The van der Waals surface area contributed by atoms with Gasteiger partial charge in [0, 0.05) is 36.8 Å². The van der Waals surface area contributed by atoms with E-state index in [1.54, 1.807) is 6.20 Å². The average molecular weight is 505 g/mol. The van der Waals surface area contributed by atoms with Gasteiger partial charge in [-0.2, -0.15) is 0 Å². The van der Waals surface area contributed by atoms with E-state index >= 15 is 0 Å². The Kier molecular flexibility index (Phi) is 10.3. The highest BCUT2D eigenvalue weighted by molar-refractivity contribution is 9.10. The third-order valence-electron chi connectivity index (χ3n) is 3.95. The summed E-state index contributed by atoms with van der Waals surface area (Å²) in [4.78, 5) is 6.69. The van der Waals surface area contributed by atoms with Crippen LogP contribution in [0.1, 0.15) is 12.0 Å². The van der Waals surface area contributed by atoms with Crippen LogP contribution in [0.25, 0.3) is 0 Å². The maximum absolute atomic E-state index is 6.17. The van der Waals surface area contributed by atoms with Crippen molar-refractivity contribution in [2.24, 2.45) is 0 Å². The van der Waals surface area contributed by atoms with Crippen molar-refractivity contribution in [3.8, 4) is 0 Å². The minimum absolute atomic E-state index is 0.549. The minimum Gasteiger partial charge on any atom is -0.363 e.